The molecular formula is C13H19BrN2O3. The van der Waals surface area contributed by atoms with Gasteiger partial charge in [-0.25, -0.2) is 0 Å². The smallest absolute Gasteiger partial charge is 0.292 e. The van der Waals surface area contributed by atoms with Crippen LogP contribution in [0.5, 0.6) is 0 Å². The van der Waals surface area contributed by atoms with E-state index in [4.69, 9.17) is 4.74 Å². The molecule has 0 N–H and O–H groups in total. The van der Waals surface area contributed by atoms with E-state index in [0.717, 1.165) is 5.56 Å². The number of halogens is 1. The van der Waals surface area contributed by atoms with Crippen LogP contribution in [-0.2, 0) is 10.1 Å². The third kappa shape index (κ3) is 3.91. The lowest BCUT2D eigenvalue weighted by Crippen LogP contribution is -2.36. The van der Waals surface area contributed by atoms with Crippen molar-refractivity contribution in [3.63, 3.8) is 0 Å². The molecule has 0 aliphatic heterocycles. The van der Waals surface area contributed by atoms with Crippen molar-refractivity contribution in [3.05, 3.63) is 33.9 Å². The largest absolute Gasteiger partial charge is 0.383 e. The lowest BCUT2D eigenvalue weighted by molar-refractivity contribution is -0.384. The number of likely N-dealkylation sites (N-methyl/N-ethyl adjacent to an activating group) is 1. The highest BCUT2D eigenvalue weighted by molar-refractivity contribution is 9.08. The fraction of sp³-hybridized carbons (Fsp3) is 0.538. The Kier molecular flexibility index (Phi) is 6.24. The van der Waals surface area contributed by atoms with Crippen LogP contribution in [0, 0.1) is 10.1 Å². The van der Waals surface area contributed by atoms with Gasteiger partial charge in [-0.3, -0.25) is 10.1 Å². The first-order valence-corrected chi connectivity index (χ1v) is 7.26. The molecule has 0 saturated carbocycles. The molecule has 1 aromatic rings. The summed E-state index contributed by atoms with van der Waals surface area (Å²) in [4.78, 5) is 12.9. The lowest BCUT2D eigenvalue weighted by atomic mass is 10.1. The first-order valence-electron chi connectivity index (χ1n) is 6.14. The molecule has 6 heteroatoms. The number of hydrogen-bond donors (Lipinski definition) is 0. The summed E-state index contributed by atoms with van der Waals surface area (Å²) in [5.74, 6) is 0. The topological polar surface area (TPSA) is 55.6 Å². The van der Waals surface area contributed by atoms with Gasteiger partial charge in [-0.15, -0.1) is 0 Å². The summed E-state index contributed by atoms with van der Waals surface area (Å²) in [6.07, 6.45) is 0. The Bertz CT molecular complexity index is 440. The summed E-state index contributed by atoms with van der Waals surface area (Å²) in [6, 6.07) is 5.42. The minimum atomic E-state index is -0.330. The molecular weight excluding hydrogens is 312 g/mol. The highest BCUT2D eigenvalue weighted by atomic mass is 79.9. The van der Waals surface area contributed by atoms with E-state index in [2.05, 4.69) is 15.9 Å². The van der Waals surface area contributed by atoms with Crippen molar-refractivity contribution in [2.24, 2.45) is 0 Å². The normalized spacial score (nSPS) is 12.2. The number of hydrogen-bond acceptors (Lipinski definition) is 4. The third-order valence-corrected chi connectivity index (χ3v) is 3.63. The second-order valence-electron chi connectivity index (χ2n) is 4.30. The summed E-state index contributed by atoms with van der Waals surface area (Å²) in [5.41, 5.74) is 1.68. The molecule has 5 nitrogen and oxygen atoms in total. The van der Waals surface area contributed by atoms with Gasteiger partial charge >= 0.3 is 0 Å². The number of ether oxygens (including phenoxy) is 1. The average molecular weight is 331 g/mol. The van der Waals surface area contributed by atoms with Crippen LogP contribution >= 0.6 is 15.9 Å². The van der Waals surface area contributed by atoms with E-state index in [-0.39, 0.29) is 16.7 Å². The highest BCUT2D eigenvalue weighted by Gasteiger charge is 2.22. The summed E-state index contributed by atoms with van der Waals surface area (Å²) in [5, 5.41) is 11.8. The molecule has 0 bridgehead atoms. The third-order valence-electron chi connectivity index (χ3n) is 2.98. The predicted octanol–water partition coefficient (Wildman–Crippen LogP) is 3.35. The average Bonchev–Trinajstić information content (AvgIpc) is 2.40. The Labute approximate surface area is 121 Å². The molecule has 0 saturated heterocycles. The first kappa shape index (κ1) is 15.9. The van der Waals surface area contributed by atoms with E-state index in [1.54, 1.807) is 13.2 Å². The molecule has 0 aromatic heterocycles. The van der Waals surface area contributed by atoms with E-state index >= 15 is 0 Å². The van der Waals surface area contributed by atoms with Crippen molar-refractivity contribution in [1.29, 1.82) is 0 Å². The van der Waals surface area contributed by atoms with Crippen LogP contribution in [0.3, 0.4) is 0 Å². The quantitative estimate of drug-likeness (QED) is 0.437. The Hall–Kier alpha value is -1.14. The summed E-state index contributed by atoms with van der Waals surface area (Å²) >= 11 is 3.32. The van der Waals surface area contributed by atoms with Gasteiger partial charge in [0.1, 0.15) is 5.69 Å². The minimum absolute atomic E-state index is 0.0866. The van der Waals surface area contributed by atoms with Gasteiger partial charge in [-0.2, -0.15) is 0 Å². The van der Waals surface area contributed by atoms with Crippen LogP contribution in [0.15, 0.2) is 18.2 Å². The molecule has 0 radical (unpaired) electrons. The maximum absolute atomic E-state index is 11.2. The number of benzene rings is 1. The van der Waals surface area contributed by atoms with Gasteiger partial charge in [-0.1, -0.05) is 22.0 Å². The van der Waals surface area contributed by atoms with Crippen LogP contribution in [0.25, 0.3) is 0 Å². The molecule has 0 spiro atoms. The van der Waals surface area contributed by atoms with E-state index < -0.39 is 0 Å². The van der Waals surface area contributed by atoms with Crippen LogP contribution < -0.4 is 4.90 Å². The second kappa shape index (κ2) is 7.45. The van der Waals surface area contributed by atoms with Gasteiger partial charge in [0.05, 0.1) is 11.5 Å². The minimum Gasteiger partial charge on any atom is -0.383 e. The number of anilines is 1. The molecule has 1 unspecified atom stereocenters. The van der Waals surface area contributed by atoms with Crippen molar-refractivity contribution < 1.29 is 9.66 Å². The van der Waals surface area contributed by atoms with Gasteiger partial charge in [0, 0.05) is 31.1 Å². The molecule has 0 amide bonds. The first-order chi connectivity index (χ1) is 9.04. The fourth-order valence-corrected chi connectivity index (χ4v) is 2.44. The zero-order chi connectivity index (χ0) is 14.4. The number of nitro groups is 1. The predicted molar refractivity (Wildman–Crippen MR) is 80.1 cm³/mol. The lowest BCUT2D eigenvalue weighted by Gasteiger charge is -2.29. The second-order valence-corrected chi connectivity index (χ2v) is 4.86. The number of methoxy groups -OCH3 is 1. The van der Waals surface area contributed by atoms with Gasteiger partial charge in [0.2, 0.25) is 0 Å². The van der Waals surface area contributed by atoms with Crippen molar-refractivity contribution in [3.8, 4) is 0 Å². The monoisotopic (exact) mass is 330 g/mol. The molecule has 19 heavy (non-hydrogen) atoms. The molecule has 1 rings (SSSR count). The maximum atomic E-state index is 11.2. The maximum Gasteiger partial charge on any atom is 0.292 e. The molecule has 0 fully saturated rings. The van der Waals surface area contributed by atoms with Gasteiger partial charge in [0.25, 0.3) is 5.69 Å². The summed E-state index contributed by atoms with van der Waals surface area (Å²) in [7, 11) is 1.63. The molecule has 0 aliphatic rings. The number of nitro benzene ring substituents is 1. The number of alkyl halides is 1. The van der Waals surface area contributed by atoms with Gasteiger partial charge in [-0.05, 0) is 25.5 Å². The molecule has 0 heterocycles. The SMILES string of the molecule is CCN(c1ccc(CBr)cc1[N+](=O)[O-])C(C)COC. The van der Waals surface area contributed by atoms with Crippen LogP contribution in [0.1, 0.15) is 19.4 Å². The molecule has 106 valence electrons. The van der Waals surface area contributed by atoms with Gasteiger partial charge < -0.3 is 9.64 Å². The zero-order valence-corrected chi connectivity index (χ0v) is 13.0. The van der Waals surface area contributed by atoms with Crippen LogP contribution in [0.4, 0.5) is 11.4 Å². The van der Waals surface area contributed by atoms with Crippen molar-refractivity contribution >= 4 is 27.3 Å². The Morgan fingerprint density at radius 3 is 2.68 bits per heavy atom. The van der Waals surface area contributed by atoms with Crippen LogP contribution in [0.2, 0.25) is 0 Å². The number of nitrogens with zero attached hydrogens (tertiary/aromatic N) is 2. The number of rotatable bonds is 7. The van der Waals surface area contributed by atoms with Crippen molar-refractivity contribution in [1.82, 2.24) is 0 Å². The molecule has 1 atom stereocenters. The molecule has 1 aromatic carbocycles. The van der Waals surface area contributed by atoms with Crippen molar-refractivity contribution in [2.75, 3.05) is 25.2 Å². The van der Waals surface area contributed by atoms with E-state index in [1.807, 2.05) is 30.9 Å². The van der Waals surface area contributed by atoms with Crippen molar-refractivity contribution in [2.45, 2.75) is 25.2 Å². The molecule has 0 aliphatic carbocycles. The Morgan fingerprint density at radius 2 is 2.21 bits per heavy atom. The fourth-order valence-electron chi connectivity index (χ4n) is 2.09. The van der Waals surface area contributed by atoms with E-state index in [9.17, 15) is 10.1 Å². The van der Waals surface area contributed by atoms with Gasteiger partial charge in [0.15, 0.2) is 0 Å². The van der Waals surface area contributed by atoms with E-state index in [0.29, 0.717) is 24.2 Å². The van der Waals surface area contributed by atoms with E-state index in [1.165, 1.54) is 0 Å². The van der Waals surface area contributed by atoms with Crippen LogP contribution in [-0.4, -0.2) is 31.2 Å². The zero-order valence-electron chi connectivity index (χ0n) is 11.4. The summed E-state index contributed by atoms with van der Waals surface area (Å²) < 4.78 is 5.13. The standard InChI is InChI=1S/C13H19BrN2O3/c1-4-15(10(2)9-19-3)12-6-5-11(8-14)7-13(12)16(17)18/h5-7,10H,4,8-9H2,1-3H3. The highest BCUT2D eigenvalue weighted by Crippen LogP contribution is 2.31. The Morgan fingerprint density at radius 1 is 1.53 bits per heavy atom. The Balaban J connectivity index is 3.19. The summed E-state index contributed by atoms with van der Waals surface area (Å²) in [6.45, 7) is 5.20.